The zero-order valence-corrected chi connectivity index (χ0v) is 19.1. The van der Waals surface area contributed by atoms with E-state index in [0.717, 1.165) is 9.87 Å². The van der Waals surface area contributed by atoms with Gasteiger partial charge in [0, 0.05) is 11.8 Å². The van der Waals surface area contributed by atoms with Gasteiger partial charge in [0.2, 0.25) is 5.91 Å². The highest BCUT2D eigenvalue weighted by Crippen LogP contribution is 2.30. The van der Waals surface area contributed by atoms with Crippen molar-refractivity contribution in [1.82, 2.24) is 0 Å². The smallest absolute Gasteiger partial charge is 0.264 e. The molecule has 0 fully saturated rings. The van der Waals surface area contributed by atoms with Crippen molar-refractivity contribution in [2.24, 2.45) is 0 Å². The quantitative estimate of drug-likeness (QED) is 0.509. The van der Waals surface area contributed by atoms with Crippen LogP contribution in [0.2, 0.25) is 10.0 Å². The second-order valence-corrected chi connectivity index (χ2v) is 9.38. The first-order valence-electron chi connectivity index (χ1n) is 9.19. The number of aryl methyl sites for hydroxylation is 1. The third kappa shape index (κ3) is 5.50. The van der Waals surface area contributed by atoms with Crippen LogP contribution in [0.3, 0.4) is 0 Å². The lowest BCUT2D eigenvalue weighted by Crippen LogP contribution is -2.38. The van der Waals surface area contributed by atoms with Crippen LogP contribution in [-0.2, 0) is 14.8 Å². The molecule has 0 radical (unpaired) electrons. The fourth-order valence-corrected chi connectivity index (χ4v) is 4.53. The van der Waals surface area contributed by atoms with Crippen LogP contribution in [0.4, 0.5) is 11.4 Å². The van der Waals surface area contributed by atoms with Gasteiger partial charge in [0.05, 0.1) is 27.7 Å². The van der Waals surface area contributed by atoms with E-state index in [1.807, 2.05) is 6.92 Å². The van der Waals surface area contributed by atoms with Gasteiger partial charge in [0.25, 0.3) is 10.0 Å². The van der Waals surface area contributed by atoms with Gasteiger partial charge in [0.15, 0.2) is 0 Å². The van der Waals surface area contributed by atoms with E-state index < -0.39 is 22.5 Å². The van der Waals surface area contributed by atoms with Gasteiger partial charge in [-0.3, -0.25) is 9.10 Å². The third-order valence-corrected chi connectivity index (χ3v) is 6.97. The summed E-state index contributed by atoms with van der Waals surface area (Å²) in [4.78, 5) is 12.8. The lowest BCUT2D eigenvalue weighted by Gasteiger charge is -2.24. The molecule has 0 atom stereocenters. The van der Waals surface area contributed by atoms with Crippen molar-refractivity contribution in [1.29, 1.82) is 0 Å². The fourth-order valence-electron chi connectivity index (χ4n) is 2.82. The Kier molecular flexibility index (Phi) is 7.10. The number of carbonyl (C=O) groups is 1. The van der Waals surface area contributed by atoms with Crippen LogP contribution in [0.25, 0.3) is 0 Å². The number of halogens is 2. The number of ether oxygens (including phenoxy) is 1. The van der Waals surface area contributed by atoms with Crippen LogP contribution in [0, 0.1) is 6.92 Å². The van der Waals surface area contributed by atoms with E-state index in [-0.39, 0.29) is 20.6 Å². The molecular weight excluding hydrogens is 459 g/mol. The number of rotatable bonds is 7. The summed E-state index contributed by atoms with van der Waals surface area (Å²) in [5.41, 5.74) is 1.61. The number of benzene rings is 3. The SMILES string of the molecule is COc1cccc(NC(=O)CN(c2ccc(Cl)c(Cl)c2)S(=O)(=O)c2ccc(C)cc2)c1. The Balaban J connectivity index is 1.96. The Morgan fingerprint density at radius 2 is 1.71 bits per heavy atom. The molecule has 6 nitrogen and oxygen atoms in total. The van der Waals surface area contributed by atoms with E-state index in [0.29, 0.717) is 11.4 Å². The summed E-state index contributed by atoms with van der Waals surface area (Å²) < 4.78 is 32.9. The lowest BCUT2D eigenvalue weighted by molar-refractivity contribution is -0.114. The maximum absolute atomic E-state index is 13.4. The van der Waals surface area contributed by atoms with Crippen molar-refractivity contribution in [3.05, 3.63) is 82.3 Å². The molecule has 3 aromatic rings. The van der Waals surface area contributed by atoms with Gasteiger partial charge < -0.3 is 10.1 Å². The molecule has 31 heavy (non-hydrogen) atoms. The predicted octanol–water partition coefficient (Wildman–Crippen LogP) is 5.14. The maximum atomic E-state index is 13.4. The number of amides is 1. The largest absolute Gasteiger partial charge is 0.497 e. The van der Waals surface area contributed by atoms with Crippen LogP contribution in [0.1, 0.15) is 5.56 Å². The number of anilines is 2. The van der Waals surface area contributed by atoms with E-state index in [2.05, 4.69) is 5.32 Å². The lowest BCUT2D eigenvalue weighted by atomic mass is 10.2. The number of methoxy groups -OCH3 is 1. The minimum Gasteiger partial charge on any atom is -0.497 e. The maximum Gasteiger partial charge on any atom is 0.264 e. The Hall–Kier alpha value is -2.74. The number of hydrogen-bond acceptors (Lipinski definition) is 4. The topological polar surface area (TPSA) is 75.7 Å². The van der Waals surface area contributed by atoms with Gasteiger partial charge in [-0.2, -0.15) is 0 Å². The monoisotopic (exact) mass is 478 g/mol. The van der Waals surface area contributed by atoms with Crippen LogP contribution >= 0.6 is 23.2 Å². The first-order valence-corrected chi connectivity index (χ1v) is 11.4. The Morgan fingerprint density at radius 1 is 1.00 bits per heavy atom. The molecule has 0 aromatic heterocycles. The molecule has 0 aliphatic rings. The molecule has 0 saturated heterocycles. The van der Waals surface area contributed by atoms with Crippen LogP contribution in [-0.4, -0.2) is 28.0 Å². The molecule has 162 valence electrons. The standard InChI is InChI=1S/C22H20Cl2N2O4S/c1-15-6-9-19(10-7-15)31(28,29)26(17-8-11-20(23)21(24)13-17)14-22(27)25-16-4-3-5-18(12-16)30-2/h3-13H,14H2,1-2H3,(H,25,27). The highest BCUT2D eigenvalue weighted by Gasteiger charge is 2.27. The average Bonchev–Trinajstić information content (AvgIpc) is 2.74. The summed E-state index contributed by atoms with van der Waals surface area (Å²) in [6.45, 7) is 1.39. The normalized spacial score (nSPS) is 11.1. The van der Waals surface area contributed by atoms with Gasteiger partial charge in [-0.15, -0.1) is 0 Å². The summed E-state index contributed by atoms with van der Waals surface area (Å²) in [5.74, 6) is 0.0291. The molecule has 0 aliphatic carbocycles. The van der Waals surface area contributed by atoms with Gasteiger partial charge in [-0.05, 0) is 49.4 Å². The summed E-state index contributed by atoms with van der Waals surface area (Å²) in [5, 5.41) is 3.15. The fraction of sp³-hybridized carbons (Fsp3) is 0.136. The zero-order chi connectivity index (χ0) is 22.6. The van der Waals surface area contributed by atoms with Gasteiger partial charge in [-0.25, -0.2) is 8.42 Å². The first-order chi connectivity index (χ1) is 14.7. The van der Waals surface area contributed by atoms with Crippen LogP contribution in [0.15, 0.2) is 71.6 Å². The summed E-state index contributed by atoms with van der Waals surface area (Å²) >= 11 is 12.1. The van der Waals surface area contributed by atoms with Crippen molar-refractivity contribution in [2.75, 3.05) is 23.3 Å². The predicted molar refractivity (Wildman–Crippen MR) is 124 cm³/mol. The molecule has 3 aromatic carbocycles. The second kappa shape index (κ2) is 9.60. The van der Waals surface area contributed by atoms with Gasteiger partial charge >= 0.3 is 0 Å². The van der Waals surface area contributed by atoms with Gasteiger partial charge in [-0.1, -0.05) is 47.0 Å². The summed E-state index contributed by atoms with van der Waals surface area (Å²) in [6, 6.07) is 17.5. The molecule has 3 rings (SSSR count). The molecule has 0 saturated carbocycles. The van der Waals surface area contributed by atoms with Crippen molar-refractivity contribution in [3.63, 3.8) is 0 Å². The van der Waals surface area contributed by atoms with Crippen molar-refractivity contribution >= 4 is 50.5 Å². The van der Waals surface area contributed by atoms with Gasteiger partial charge in [0.1, 0.15) is 12.3 Å². The minimum atomic E-state index is -4.05. The van der Waals surface area contributed by atoms with E-state index in [4.69, 9.17) is 27.9 Å². The van der Waals surface area contributed by atoms with E-state index >= 15 is 0 Å². The number of nitrogens with one attached hydrogen (secondary N) is 1. The van der Waals surface area contributed by atoms with Crippen LogP contribution < -0.4 is 14.4 Å². The number of nitrogens with zero attached hydrogens (tertiary/aromatic N) is 1. The third-order valence-electron chi connectivity index (χ3n) is 4.44. The van der Waals surface area contributed by atoms with Crippen molar-refractivity contribution < 1.29 is 17.9 Å². The highest BCUT2D eigenvalue weighted by atomic mass is 35.5. The average molecular weight is 479 g/mol. The Morgan fingerprint density at radius 3 is 2.35 bits per heavy atom. The first kappa shape index (κ1) is 22.9. The van der Waals surface area contributed by atoms with Crippen molar-refractivity contribution in [3.8, 4) is 5.75 Å². The van der Waals surface area contributed by atoms with E-state index in [9.17, 15) is 13.2 Å². The van der Waals surface area contributed by atoms with Crippen molar-refractivity contribution in [2.45, 2.75) is 11.8 Å². The Bertz CT molecular complexity index is 1200. The second-order valence-electron chi connectivity index (χ2n) is 6.70. The molecule has 0 spiro atoms. The molecular formula is C22H20Cl2N2O4S. The highest BCUT2D eigenvalue weighted by molar-refractivity contribution is 7.92. The zero-order valence-electron chi connectivity index (χ0n) is 16.8. The van der Waals surface area contributed by atoms with E-state index in [1.165, 1.54) is 37.4 Å². The number of carbonyl (C=O) groups excluding carboxylic acids is 1. The van der Waals surface area contributed by atoms with E-state index in [1.54, 1.807) is 36.4 Å². The molecule has 1 amide bonds. The Labute approximate surface area is 191 Å². The summed E-state index contributed by atoms with van der Waals surface area (Å²) in [7, 11) is -2.54. The molecule has 9 heteroatoms. The summed E-state index contributed by atoms with van der Waals surface area (Å²) in [6.07, 6.45) is 0. The molecule has 0 heterocycles. The molecule has 0 unspecified atom stereocenters. The number of sulfonamides is 1. The minimum absolute atomic E-state index is 0.0540. The van der Waals surface area contributed by atoms with Crippen LogP contribution in [0.5, 0.6) is 5.75 Å². The molecule has 1 N–H and O–H groups in total. The number of hydrogen-bond donors (Lipinski definition) is 1. The molecule has 0 aliphatic heterocycles. The molecule has 0 bridgehead atoms.